The van der Waals surface area contributed by atoms with Gasteiger partial charge in [0, 0.05) is 36.3 Å². The van der Waals surface area contributed by atoms with Crippen LogP contribution in [-0.2, 0) is 0 Å². The fraction of sp³-hybridized carbons (Fsp3) is 0. The van der Waals surface area contributed by atoms with Crippen LogP contribution in [0.15, 0.2) is 158 Å². The summed E-state index contributed by atoms with van der Waals surface area (Å²) >= 11 is 10.7. The Hall–Kier alpha value is -6.02. The van der Waals surface area contributed by atoms with Crippen LogP contribution in [-0.4, -0.2) is 14.5 Å². The van der Waals surface area contributed by atoms with Crippen LogP contribution >= 0.6 is 47.8 Å². The number of hydrogen-bond donors (Lipinski definition) is 0. The Morgan fingerprint density at radius 2 is 1.14 bits per heavy atom. The van der Waals surface area contributed by atoms with Crippen molar-refractivity contribution in [2.75, 3.05) is 0 Å². The van der Waals surface area contributed by atoms with Gasteiger partial charge in [0.15, 0.2) is 11.0 Å². The average Bonchev–Trinajstić information content (AvgIpc) is 3.93. The van der Waals surface area contributed by atoms with Gasteiger partial charge in [-0.05, 0) is 84.5 Å². The summed E-state index contributed by atoms with van der Waals surface area (Å²) < 4.78 is 5.90. The molecule has 0 saturated heterocycles. The summed E-state index contributed by atoms with van der Waals surface area (Å²) in [5.41, 5.74) is 5.52. The molecule has 4 aromatic heterocycles. The van der Waals surface area contributed by atoms with E-state index in [1.54, 1.807) is 11.3 Å². The highest BCUT2D eigenvalue weighted by molar-refractivity contribution is 7.59. The summed E-state index contributed by atoms with van der Waals surface area (Å²) in [6.45, 7) is 0. The normalized spacial score (nSPS) is 12.2. The maximum atomic E-state index is 7.20. The molecule has 0 aliphatic rings. The third-order valence-corrected chi connectivity index (χ3v) is 14.1. The lowest BCUT2D eigenvalue weighted by Gasteiger charge is -2.12. The minimum Gasteiger partial charge on any atom is -0.290 e. The first-order chi connectivity index (χ1) is 27.7. The zero-order chi connectivity index (χ0) is 36.6. The molecule has 0 atom stereocenters. The zero-order valence-electron chi connectivity index (χ0n) is 30.0. The lowest BCUT2D eigenvalue weighted by Crippen LogP contribution is -2.00. The molecule has 13 aromatic rings. The van der Waals surface area contributed by atoms with Crippen molar-refractivity contribution in [1.82, 2.24) is 14.5 Å². The summed E-state index contributed by atoms with van der Waals surface area (Å²) in [6, 6.07) is 57.4. The highest BCUT2D eigenvalue weighted by Gasteiger charge is 2.25. The second-order valence-corrected chi connectivity index (χ2v) is 17.0. The van der Waals surface area contributed by atoms with Crippen LogP contribution in [0.1, 0.15) is 0 Å². The van der Waals surface area contributed by atoms with Crippen LogP contribution in [0.25, 0.3) is 122 Å². The molecule has 3 nitrogen and oxygen atoms in total. The van der Waals surface area contributed by atoms with Crippen LogP contribution in [0.5, 0.6) is 0 Å². The second kappa shape index (κ2) is 12.2. The van der Waals surface area contributed by atoms with Gasteiger partial charge >= 0.3 is 0 Å². The fourth-order valence-electron chi connectivity index (χ4n) is 9.31. The summed E-state index contributed by atoms with van der Waals surface area (Å²) in [7, 11) is 0. The quantitative estimate of drug-likeness (QED) is 0.163. The van der Waals surface area contributed by atoms with Crippen molar-refractivity contribution in [3.63, 3.8) is 0 Å². The van der Waals surface area contributed by atoms with Crippen molar-refractivity contribution >= 4 is 153 Å². The van der Waals surface area contributed by atoms with E-state index < -0.39 is 0 Å². The minimum absolute atomic E-state index is 0. The Kier molecular flexibility index (Phi) is 7.12. The van der Waals surface area contributed by atoms with Crippen molar-refractivity contribution in [3.05, 3.63) is 163 Å². The first-order valence-corrected chi connectivity index (χ1v) is 20.7. The van der Waals surface area contributed by atoms with E-state index in [2.05, 4.69) is 162 Å². The van der Waals surface area contributed by atoms with Crippen molar-refractivity contribution in [2.45, 2.75) is 0 Å². The highest BCUT2D eigenvalue weighted by atomic mass is 35.5. The van der Waals surface area contributed by atoms with Gasteiger partial charge in [-0.2, -0.15) is 13.5 Å². The summed E-state index contributed by atoms with van der Waals surface area (Å²) in [5, 5.41) is 16.4. The SMILES string of the molecule is Clc1nc2sc3ccccc3c2nc1-n1c2ccccc2c2c3ccccc3c3c(sc4ccc5cc(-c6cc7ccccc7c7ccccc67)ccc5c43)c21.S. The number of aromatic nitrogens is 3. The molecule has 4 heterocycles. The van der Waals surface area contributed by atoms with E-state index in [9.17, 15) is 0 Å². The van der Waals surface area contributed by atoms with E-state index in [1.807, 2.05) is 11.3 Å². The number of thiophene rings is 2. The van der Waals surface area contributed by atoms with E-state index in [4.69, 9.17) is 21.6 Å². The van der Waals surface area contributed by atoms with Crippen molar-refractivity contribution in [3.8, 4) is 16.9 Å². The molecule has 268 valence electrons. The molecular formula is C50H28ClN3S3. The molecule has 57 heavy (non-hydrogen) atoms. The van der Waals surface area contributed by atoms with Crippen LogP contribution in [0.2, 0.25) is 5.15 Å². The highest BCUT2D eigenvalue weighted by Crippen LogP contribution is 2.50. The first kappa shape index (κ1) is 33.2. The number of rotatable bonds is 2. The molecule has 0 N–H and O–H groups in total. The van der Waals surface area contributed by atoms with Gasteiger partial charge < -0.3 is 0 Å². The molecule has 0 fully saturated rings. The van der Waals surface area contributed by atoms with Crippen LogP contribution < -0.4 is 0 Å². The summed E-state index contributed by atoms with van der Waals surface area (Å²) in [4.78, 5) is 11.2. The molecule has 0 unspecified atom stereocenters. The van der Waals surface area contributed by atoms with Gasteiger partial charge in [-0.1, -0.05) is 139 Å². The molecule has 0 aliphatic heterocycles. The number of para-hydroxylation sites is 1. The van der Waals surface area contributed by atoms with Crippen molar-refractivity contribution < 1.29 is 0 Å². The molecule has 0 radical (unpaired) electrons. The predicted molar refractivity (Wildman–Crippen MR) is 253 cm³/mol. The number of benzene rings is 9. The lowest BCUT2D eigenvalue weighted by atomic mass is 9.91. The molecule has 0 aliphatic carbocycles. The van der Waals surface area contributed by atoms with E-state index in [0.717, 1.165) is 31.5 Å². The molecule has 9 aromatic carbocycles. The van der Waals surface area contributed by atoms with Crippen molar-refractivity contribution in [1.29, 1.82) is 0 Å². The zero-order valence-corrected chi connectivity index (χ0v) is 33.4. The molecule has 13 rings (SSSR count). The first-order valence-electron chi connectivity index (χ1n) is 18.7. The van der Waals surface area contributed by atoms with Crippen LogP contribution in [0.3, 0.4) is 0 Å². The molecular weight excluding hydrogens is 774 g/mol. The monoisotopic (exact) mass is 801 g/mol. The van der Waals surface area contributed by atoms with E-state index in [0.29, 0.717) is 11.0 Å². The molecule has 7 heteroatoms. The van der Waals surface area contributed by atoms with E-state index in [-0.39, 0.29) is 13.5 Å². The Balaban J connectivity index is 0.00000356. The smallest absolute Gasteiger partial charge is 0.176 e. The van der Waals surface area contributed by atoms with Gasteiger partial charge in [-0.3, -0.25) is 4.57 Å². The number of fused-ring (bicyclic) bond motifs is 18. The third-order valence-electron chi connectivity index (χ3n) is 11.7. The predicted octanol–water partition coefficient (Wildman–Crippen LogP) is 15.4. The fourth-order valence-corrected chi connectivity index (χ4v) is 11.9. The third kappa shape index (κ3) is 4.55. The largest absolute Gasteiger partial charge is 0.290 e. The average molecular weight is 802 g/mol. The standard InChI is InChI=1S/C50H26ClN3S2.H2S/c51-48-49(52-45-37-18-8-10-20-40(37)56-50(45)53-48)54-39-19-9-7-17-36(39)42-34-15-5-6-16-35(34)44-43-31-23-21-29(25-28(31)22-24-41(43)55-47(44)46(42)54)38-26-27-11-1-2-12-30(27)32-13-3-4-14-33(32)38;/h1-26H;1H2. The maximum absolute atomic E-state index is 7.20. The molecule has 0 amide bonds. The van der Waals surface area contributed by atoms with Gasteiger partial charge in [-0.15, -0.1) is 22.7 Å². The van der Waals surface area contributed by atoms with Gasteiger partial charge in [0.25, 0.3) is 0 Å². The Morgan fingerprint density at radius 3 is 1.98 bits per heavy atom. The van der Waals surface area contributed by atoms with Gasteiger partial charge in [0.05, 0.1) is 15.7 Å². The number of halogens is 1. The van der Waals surface area contributed by atoms with E-state index >= 15 is 0 Å². The van der Waals surface area contributed by atoms with Crippen LogP contribution in [0.4, 0.5) is 0 Å². The molecule has 0 bridgehead atoms. The minimum atomic E-state index is 0. The molecule has 0 spiro atoms. The Morgan fingerprint density at radius 1 is 0.474 bits per heavy atom. The second-order valence-electron chi connectivity index (χ2n) is 14.6. The lowest BCUT2D eigenvalue weighted by molar-refractivity contribution is 1.08. The van der Waals surface area contributed by atoms with Crippen LogP contribution in [0, 0.1) is 0 Å². The van der Waals surface area contributed by atoms with Gasteiger partial charge in [0.1, 0.15) is 10.3 Å². The molecule has 0 saturated carbocycles. The number of nitrogens with zero attached hydrogens (tertiary/aromatic N) is 3. The Bertz CT molecular complexity index is 3860. The topological polar surface area (TPSA) is 30.7 Å². The summed E-state index contributed by atoms with van der Waals surface area (Å²) in [5.74, 6) is 0.653. The Labute approximate surface area is 345 Å². The van der Waals surface area contributed by atoms with Crippen molar-refractivity contribution in [2.24, 2.45) is 0 Å². The van der Waals surface area contributed by atoms with E-state index in [1.165, 1.54) is 85.2 Å². The van der Waals surface area contributed by atoms with Gasteiger partial charge in [-0.25, -0.2) is 9.97 Å². The number of hydrogen-bond acceptors (Lipinski definition) is 4. The van der Waals surface area contributed by atoms with Gasteiger partial charge in [0.2, 0.25) is 0 Å². The maximum Gasteiger partial charge on any atom is 0.176 e. The summed E-state index contributed by atoms with van der Waals surface area (Å²) in [6.07, 6.45) is 0.